The highest BCUT2D eigenvalue weighted by atomic mass is 16.5. The van der Waals surface area contributed by atoms with Crippen molar-refractivity contribution in [2.24, 2.45) is 11.7 Å². The molecule has 1 unspecified atom stereocenters. The molecule has 0 spiro atoms. The van der Waals surface area contributed by atoms with Crippen LogP contribution in [0.15, 0.2) is 18.2 Å². The van der Waals surface area contributed by atoms with Crippen molar-refractivity contribution in [1.82, 2.24) is 0 Å². The molecule has 1 aliphatic heterocycles. The summed E-state index contributed by atoms with van der Waals surface area (Å²) in [6, 6.07) is 6.47. The Morgan fingerprint density at radius 2 is 2.12 bits per heavy atom. The van der Waals surface area contributed by atoms with Crippen molar-refractivity contribution in [3.8, 4) is 5.75 Å². The molecule has 0 radical (unpaired) electrons. The van der Waals surface area contributed by atoms with E-state index in [1.807, 2.05) is 0 Å². The molecule has 1 aromatic carbocycles. The van der Waals surface area contributed by atoms with E-state index in [1.54, 1.807) is 0 Å². The van der Waals surface area contributed by atoms with E-state index < -0.39 is 0 Å². The Labute approximate surface area is 96.8 Å². The molecule has 86 valence electrons. The summed E-state index contributed by atoms with van der Waals surface area (Å²) in [5.41, 5.74) is 8.69. The first-order valence-electron chi connectivity index (χ1n) is 6.14. The SMILES string of the molecule is Cc1ccc2c(c1)[C@H](N)CC(C)(C1CC1)O2. The van der Waals surface area contributed by atoms with Crippen molar-refractivity contribution in [2.45, 2.75) is 44.8 Å². The summed E-state index contributed by atoms with van der Waals surface area (Å²) < 4.78 is 6.19. The van der Waals surface area contributed by atoms with Gasteiger partial charge >= 0.3 is 0 Å². The number of aryl methyl sites for hydroxylation is 1. The van der Waals surface area contributed by atoms with Crippen LogP contribution in [-0.2, 0) is 0 Å². The third-order valence-corrected chi connectivity index (χ3v) is 3.97. The van der Waals surface area contributed by atoms with Crippen LogP contribution < -0.4 is 10.5 Å². The Morgan fingerprint density at radius 3 is 2.81 bits per heavy atom. The van der Waals surface area contributed by atoms with Gasteiger partial charge in [-0.05, 0) is 38.7 Å². The average molecular weight is 217 g/mol. The van der Waals surface area contributed by atoms with Gasteiger partial charge in [0.05, 0.1) is 0 Å². The fourth-order valence-electron chi connectivity index (χ4n) is 2.83. The maximum absolute atomic E-state index is 6.28. The molecule has 0 bridgehead atoms. The quantitative estimate of drug-likeness (QED) is 0.785. The molecule has 16 heavy (non-hydrogen) atoms. The molecule has 2 nitrogen and oxygen atoms in total. The molecule has 2 heteroatoms. The molecule has 3 rings (SSSR count). The van der Waals surface area contributed by atoms with Crippen molar-refractivity contribution >= 4 is 0 Å². The summed E-state index contributed by atoms with van der Waals surface area (Å²) in [7, 11) is 0. The lowest BCUT2D eigenvalue weighted by atomic mass is 9.85. The van der Waals surface area contributed by atoms with E-state index >= 15 is 0 Å². The van der Waals surface area contributed by atoms with E-state index in [0.29, 0.717) is 5.92 Å². The molecule has 1 fully saturated rings. The van der Waals surface area contributed by atoms with Gasteiger partial charge in [0.15, 0.2) is 0 Å². The zero-order valence-corrected chi connectivity index (χ0v) is 9.99. The highest BCUT2D eigenvalue weighted by Crippen LogP contribution is 2.49. The van der Waals surface area contributed by atoms with E-state index in [-0.39, 0.29) is 11.6 Å². The monoisotopic (exact) mass is 217 g/mol. The van der Waals surface area contributed by atoms with Crippen LogP contribution in [0.5, 0.6) is 5.75 Å². The fourth-order valence-corrected chi connectivity index (χ4v) is 2.83. The second-order valence-electron chi connectivity index (χ2n) is 5.54. The fraction of sp³-hybridized carbons (Fsp3) is 0.571. The molecule has 1 heterocycles. The van der Waals surface area contributed by atoms with Gasteiger partial charge in [-0.2, -0.15) is 0 Å². The largest absolute Gasteiger partial charge is 0.487 e. The predicted octanol–water partition coefficient (Wildman–Crippen LogP) is 2.95. The minimum atomic E-state index is -0.0261. The Bertz CT molecular complexity index is 425. The van der Waals surface area contributed by atoms with Gasteiger partial charge in [-0.3, -0.25) is 0 Å². The van der Waals surface area contributed by atoms with E-state index in [1.165, 1.54) is 24.0 Å². The predicted molar refractivity (Wildman–Crippen MR) is 64.5 cm³/mol. The molecule has 1 aromatic rings. The number of hydrogen-bond donors (Lipinski definition) is 1. The second-order valence-corrected chi connectivity index (χ2v) is 5.54. The number of fused-ring (bicyclic) bond motifs is 1. The molecular weight excluding hydrogens is 198 g/mol. The van der Waals surface area contributed by atoms with E-state index in [0.717, 1.165) is 12.2 Å². The van der Waals surface area contributed by atoms with Crippen molar-refractivity contribution in [1.29, 1.82) is 0 Å². The summed E-state index contributed by atoms with van der Waals surface area (Å²) in [5.74, 6) is 1.71. The van der Waals surface area contributed by atoms with Crippen LogP contribution in [0.4, 0.5) is 0 Å². The number of rotatable bonds is 1. The summed E-state index contributed by atoms with van der Waals surface area (Å²) in [5, 5.41) is 0. The molecule has 1 saturated carbocycles. The molecule has 1 aliphatic carbocycles. The lowest BCUT2D eigenvalue weighted by molar-refractivity contribution is 0.0324. The maximum Gasteiger partial charge on any atom is 0.124 e. The number of ether oxygens (including phenoxy) is 1. The zero-order valence-electron chi connectivity index (χ0n) is 9.99. The highest BCUT2D eigenvalue weighted by molar-refractivity contribution is 5.41. The van der Waals surface area contributed by atoms with Crippen LogP contribution in [-0.4, -0.2) is 5.60 Å². The first-order valence-corrected chi connectivity index (χ1v) is 6.14. The Morgan fingerprint density at radius 1 is 1.38 bits per heavy atom. The molecule has 2 aliphatic rings. The number of hydrogen-bond acceptors (Lipinski definition) is 2. The molecule has 0 saturated heterocycles. The Hall–Kier alpha value is -1.02. The van der Waals surface area contributed by atoms with Crippen molar-refractivity contribution in [3.63, 3.8) is 0 Å². The number of benzene rings is 1. The van der Waals surface area contributed by atoms with Gasteiger partial charge < -0.3 is 10.5 Å². The lowest BCUT2D eigenvalue weighted by Gasteiger charge is -2.39. The van der Waals surface area contributed by atoms with E-state index in [9.17, 15) is 0 Å². The van der Waals surface area contributed by atoms with E-state index in [4.69, 9.17) is 10.5 Å². The van der Waals surface area contributed by atoms with Gasteiger partial charge in [0.25, 0.3) is 0 Å². The third-order valence-electron chi connectivity index (χ3n) is 3.97. The summed E-state index contributed by atoms with van der Waals surface area (Å²) in [6.45, 7) is 4.31. The molecule has 0 aromatic heterocycles. The summed E-state index contributed by atoms with van der Waals surface area (Å²) in [6.07, 6.45) is 3.54. The normalized spacial score (nSPS) is 33.1. The van der Waals surface area contributed by atoms with Crippen molar-refractivity contribution in [2.75, 3.05) is 0 Å². The Kier molecular flexibility index (Phi) is 2.05. The van der Waals surface area contributed by atoms with Crippen molar-refractivity contribution < 1.29 is 4.74 Å². The average Bonchev–Trinajstić information content (AvgIpc) is 3.03. The van der Waals surface area contributed by atoms with Crippen LogP contribution in [0, 0.1) is 12.8 Å². The Balaban J connectivity index is 1.99. The van der Waals surface area contributed by atoms with Crippen LogP contribution in [0.2, 0.25) is 0 Å². The topological polar surface area (TPSA) is 35.2 Å². The zero-order chi connectivity index (χ0) is 11.3. The summed E-state index contributed by atoms with van der Waals surface area (Å²) >= 11 is 0. The second kappa shape index (κ2) is 3.24. The highest BCUT2D eigenvalue weighted by Gasteiger charge is 2.47. The minimum Gasteiger partial charge on any atom is -0.487 e. The first kappa shape index (κ1) is 10.2. The van der Waals surface area contributed by atoms with Crippen molar-refractivity contribution in [3.05, 3.63) is 29.3 Å². The van der Waals surface area contributed by atoms with Crippen LogP contribution in [0.1, 0.15) is 43.4 Å². The van der Waals surface area contributed by atoms with Crippen LogP contribution >= 0.6 is 0 Å². The summed E-state index contributed by atoms with van der Waals surface area (Å²) in [4.78, 5) is 0. The molecular formula is C14H19NO. The van der Waals surface area contributed by atoms with Gasteiger partial charge in [0, 0.05) is 18.0 Å². The number of nitrogens with two attached hydrogens (primary N) is 1. The standard InChI is InChI=1S/C14H19NO/c1-9-3-6-13-11(7-9)12(15)8-14(2,16-13)10-4-5-10/h3,6-7,10,12H,4-5,8,15H2,1-2H3/t12-,14?/m1/s1. The van der Waals surface area contributed by atoms with Gasteiger partial charge in [-0.25, -0.2) is 0 Å². The lowest BCUT2D eigenvalue weighted by Crippen LogP contribution is -2.42. The molecule has 2 N–H and O–H groups in total. The van der Waals surface area contributed by atoms with Crippen LogP contribution in [0.3, 0.4) is 0 Å². The minimum absolute atomic E-state index is 0.0261. The van der Waals surface area contributed by atoms with Gasteiger partial charge in [-0.1, -0.05) is 17.7 Å². The maximum atomic E-state index is 6.28. The molecule has 2 atom stereocenters. The van der Waals surface area contributed by atoms with E-state index in [2.05, 4.69) is 32.0 Å². The smallest absolute Gasteiger partial charge is 0.124 e. The van der Waals surface area contributed by atoms with Crippen LogP contribution in [0.25, 0.3) is 0 Å². The van der Waals surface area contributed by atoms with Gasteiger partial charge in [0.2, 0.25) is 0 Å². The first-order chi connectivity index (χ1) is 7.58. The van der Waals surface area contributed by atoms with Gasteiger partial charge in [-0.15, -0.1) is 0 Å². The third kappa shape index (κ3) is 1.52. The van der Waals surface area contributed by atoms with Gasteiger partial charge in [0.1, 0.15) is 11.4 Å². The molecule has 0 amide bonds.